The molecule has 16 heavy (non-hydrogen) atoms. The van der Waals surface area contributed by atoms with Gasteiger partial charge in [0.1, 0.15) is 5.76 Å². The summed E-state index contributed by atoms with van der Waals surface area (Å²) in [6.45, 7) is 5.65. The smallest absolute Gasteiger partial charge is 0.120 e. The van der Waals surface area contributed by atoms with Gasteiger partial charge in [-0.3, -0.25) is 0 Å². The average molecular weight is 333 g/mol. The molecule has 0 amide bonds. The quantitative estimate of drug-likeness (QED) is 0.566. The van der Waals surface area contributed by atoms with Crippen molar-refractivity contribution in [1.82, 2.24) is 4.90 Å². The highest BCUT2D eigenvalue weighted by Crippen LogP contribution is 2.16. The lowest BCUT2D eigenvalue weighted by atomic mass is 10.2. The van der Waals surface area contributed by atoms with Crippen LogP contribution >= 0.6 is 20.7 Å². The third kappa shape index (κ3) is 3.70. The highest BCUT2D eigenvalue weighted by atomic mass is 127. The first-order chi connectivity index (χ1) is 7.86. The largest absolute Gasteiger partial charge is 0.494 e. The van der Waals surface area contributed by atoms with Crippen LogP contribution in [0.2, 0.25) is 0 Å². The second-order valence-electron chi connectivity index (χ2n) is 4.34. The molecule has 1 atom stereocenters. The maximum absolute atomic E-state index is 5.71. The molecule has 0 aliphatic carbocycles. The Hall–Kier alpha value is -0.160. The van der Waals surface area contributed by atoms with Crippen LogP contribution < -0.4 is 0 Å². The molecule has 0 N–H and O–H groups in total. The molecule has 3 heteroatoms. The third-order valence-electron chi connectivity index (χ3n) is 3.15. The topological polar surface area (TPSA) is 12.5 Å². The zero-order valence-corrected chi connectivity index (χ0v) is 12.0. The van der Waals surface area contributed by atoms with Gasteiger partial charge in [-0.1, -0.05) is 20.7 Å². The highest BCUT2D eigenvalue weighted by Gasteiger charge is 2.18. The number of rotatable bonds is 5. The van der Waals surface area contributed by atoms with Gasteiger partial charge in [-0.15, -0.1) is 0 Å². The monoisotopic (exact) mass is 333 g/mol. The number of hydrogen-bond donors (Lipinski definition) is 0. The Morgan fingerprint density at radius 3 is 3.19 bits per heavy atom. The standard InChI is InChI=1S/C13H20INO/c1-12-4-2-9-15(12)10-3-11-16-13-5-7-14-8-6-13/h5-8,12H,2-4,9-11H2,1H3. The minimum Gasteiger partial charge on any atom is -0.494 e. The average Bonchev–Trinajstić information content (AvgIpc) is 2.72. The van der Waals surface area contributed by atoms with E-state index in [0.29, 0.717) is 0 Å². The second-order valence-corrected chi connectivity index (χ2v) is 6.50. The van der Waals surface area contributed by atoms with Crippen LogP contribution in [0.15, 0.2) is 22.0 Å². The Morgan fingerprint density at radius 1 is 1.56 bits per heavy atom. The minimum atomic E-state index is 0.184. The second kappa shape index (κ2) is 6.55. The van der Waals surface area contributed by atoms with Crippen molar-refractivity contribution in [3.63, 3.8) is 0 Å². The molecule has 90 valence electrons. The van der Waals surface area contributed by atoms with E-state index in [1.165, 1.54) is 25.9 Å². The Bertz CT molecular complexity index is 309. The van der Waals surface area contributed by atoms with Crippen molar-refractivity contribution in [2.45, 2.75) is 32.2 Å². The summed E-state index contributed by atoms with van der Waals surface area (Å²) in [4.78, 5) is 2.58. The van der Waals surface area contributed by atoms with Crippen LogP contribution in [0, 0.1) is 0 Å². The van der Waals surface area contributed by atoms with Crippen LogP contribution in [0.3, 0.4) is 0 Å². The molecular formula is C13H20INO. The summed E-state index contributed by atoms with van der Waals surface area (Å²) >= 11 is 0.184. The van der Waals surface area contributed by atoms with Gasteiger partial charge in [-0.2, -0.15) is 0 Å². The van der Waals surface area contributed by atoms with Crippen LogP contribution in [0.1, 0.15) is 26.2 Å². The van der Waals surface area contributed by atoms with Crippen molar-refractivity contribution in [1.29, 1.82) is 0 Å². The third-order valence-corrected chi connectivity index (χ3v) is 4.70. The van der Waals surface area contributed by atoms with Crippen molar-refractivity contribution in [2.24, 2.45) is 0 Å². The molecule has 0 aromatic heterocycles. The van der Waals surface area contributed by atoms with E-state index >= 15 is 0 Å². The first-order valence-electron chi connectivity index (χ1n) is 6.05. The van der Waals surface area contributed by atoms with Crippen LogP contribution in [0.4, 0.5) is 0 Å². The molecule has 0 radical (unpaired) electrons. The Labute approximate surface area is 108 Å². The summed E-state index contributed by atoms with van der Waals surface area (Å²) < 4.78 is 10.2. The van der Waals surface area contributed by atoms with Gasteiger partial charge in [0, 0.05) is 12.6 Å². The van der Waals surface area contributed by atoms with Crippen LogP contribution in [0.25, 0.3) is 0 Å². The summed E-state index contributed by atoms with van der Waals surface area (Å²) in [6.07, 6.45) is 8.12. The molecule has 2 heterocycles. The fraction of sp³-hybridized carbons (Fsp3) is 0.615. The van der Waals surface area contributed by atoms with E-state index in [1.54, 1.807) is 0 Å². The fourth-order valence-corrected chi connectivity index (χ4v) is 3.54. The van der Waals surface area contributed by atoms with E-state index in [-0.39, 0.29) is 20.7 Å². The number of hydrogen-bond acceptors (Lipinski definition) is 2. The minimum absolute atomic E-state index is 0.184. The Balaban J connectivity index is 1.60. The van der Waals surface area contributed by atoms with Crippen molar-refractivity contribution in [3.8, 4) is 0 Å². The van der Waals surface area contributed by atoms with Crippen LogP contribution in [-0.2, 0) is 4.74 Å². The normalized spacial score (nSPS) is 25.3. The van der Waals surface area contributed by atoms with Gasteiger partial charge in [0.15, 0.2) is 0 Å². The number of allylic oxidation sites excluding steroid dienone is 2. The predicted molar refractivity (Wildman–Crippen MR) is 78.1 cm³/mol. The predicted octanol–water partition coefficient (Wildman–Crippen LogP) is 3.06. The van der Waals surface area contributed by atoms with Crippen molar-refractivity contribution >= 4 is 24.7 Å². The summed E-state index contributed by atoms with van der Waals surface area (Å²) in [5, 5.41) is 0. The zero-order chi connectivity index (χ0) is 11.2. The molecular weight excluding hydrogens is 313 g/mol. The molecule has 1 fully saturated rings. The van der Waals surface area contributed by atoms with Gasteiger partial charge in [0.05, 0.1) is 6.61 Å². The molecule has 1 saturated heterocycles. The molecule has 1 unspecified atom stereocenters. The zero-order valence-electron chi connectivity index (χ0n) is 9.86. The summed E-state index contributed by atoms with van der Waals surface area (Å²) in [7, 11) is 0. The lowest BCUT2D eigenvalue weighted by molar-refractivity contribution is 0.188. The van der Waals surface area contributed by atoms with E-state index in [1.807, 2.05) is 0 Å². The first-order valence-corrected chi connectivity index (χ1v) is 8.54. The van der Waals surface area contributed by atoms with E-state index in [2.05, 4.69) is 32.1 Å². The molecule has 0 bridgehead atoms. The molecule has 2 rings (SSSR count). The Kier molecular flexibility index (Phi) is 5.03. The number of nitrogens with zero attached hydrogens (tertiary/aromatic N) is 1. The maximum atomic E-state index is 5.71. The van der Waals surface area contributed by atoms with Gasteiger partial charge >= 0.3 is 0 Å². The van der Waals surface area contributed by atoms with E-state index < -0.39 is 0 Å². The lowest BCUT2D eigenvalue weighted by Gasteiger charge is -2.20. The van der Waals surface area contributed by atoms with Crippen molar-refractivity contribution < 1.29 is 4.74 Å². The van der Waals surface area contributed by atoms with Gasteiger partial charge in [0.2, 0.25) is 0 Å². The van der Waals surface area contributed by atoms with Crippen LogP contribution in [-0.4, -0.2) is 34.6 Å². The summed E-state index contributed by atoms with van der Waals surface area (Å²) in [5.41, 5.74) is 0. The van der Waals surface area contributed by atoms with Gasteiger partial charge in [-0.25, -0.2) is 0 Å². The van der Waals surface area contributed by atoms with Gasteiger partial charge in [-0.05, 0) is 53.0 Å². The molecule has 0 aromatic carbocycles. The fourth-order valence-electron chi connectivity index (χ4n) is 2.17. The lowest BCUT2D eigenvalue weighted by Crippen LogP contribution is -2.28. The first kappa shape index (κ1) is 12.3. The van der Waals surface area contributed by atoms with E-state index in [0.717, 1.165) is 24.8 Å². The van der Waals surface area contributed by atoms with E-state index in [9.17, 15) is 0 Å². The number of likely N-dealkylation sites (tertiary alicyclic amines) is 1. The molecule has 0 aromatic rings. The Morgan fingerprint density at radius 2 is 2.50 bits per heavy atom. The molecule has 2 aliphatic heterocycles. The number of halogens is 1. The molecule has 2 nitrogen and oxygen atoms in total. The molecule has 0 saturated carbocycles. The maximum Gasteiger partial charge on any atom is 0.120 e. The van der Waals surface area contributed by atoms with Gasteiger partial charge < -0.3 is 9.64 Å². The highest BCUT2D eigenvalue weighted by molar-refractivity contribution is 14.2. The summed E-state index contributed by atoms with van der Waals surface area (Å²) in [5.74, 6) is 1.04. The molecule has 2 aliphatic rings. The van der Waals surface area contributed by atoms with E-state index in [4.69, 9.17) is 4.74 Å². The van der Waals surface area contributed by atoms with Crippen LogP contribution in [0.5, 0.6) is 0 Å². The summed E-state index contributed by atoms with van der Waals surface area (Å²) in [6, 6.07) is 0.784. The van der Waals surface area contributed by atoms with Crippen molar-refractivity contribution in [3.05, 3.63) is 22.0 Å². The SMILES string of the molecule is CC1CCCN1CCCOC1=CC=IC=C1. The molecule has 0 spiro atoms. The number of ether oxygens (including phenoxy) is 1. The van der Waals surface area contributed by atoms with Gasteiger partial charge in [0.25, 0.3) is 0 Å². The van der Waals surface area contributed by atoms with Crippen molar-refractivity contribution in [2.75, 3.05) is 19.7 Å².